The molecular formula is C14H16BrNO2. The van der Waals surface area contributed by atoms with Gasteiger partial charge in [-0.1, -0.05) is 22.0 Å². The van der Waals surface area contributed by atoms with E-state index in [0.29, 0.717) is 6.54 Å². The molecule has 0 atom stereocenters. The molecule has 0 radical (unpaired) electrons. The monoisotopic (exact) mass is 309 g/mol. The van der Waals surface area contributed by atoms with Gasteiger partial charge in [-0.3, -0.25) is 4.79 Å². The molecule has 0 N–H and O–H groups in total. The van der Waals surface area contributed by atoms with Crippen molar-refractivity contribution in [3.8, 4) is 0 Å². The molecule has 0 bridgehead atoms. The van der Waals surface area contributed by atoms with Gasteiger partial charge in [0.2, 0.25) is 0 Å². The quantitative estimate of drug-likeness (QED) is 0.872. The van der Waals surface area contributed by atoms with Crippen LogP contribution in [0.25, 0.3) is 10.8 Å². The summed E-state index contributed by atoms with van der Waals surface area (Å²) in [5, 5.41) is 1.67. The normalized spacial score (nSPS) is 12.0. The minimum absolute atomic E-state index is 0.0129. The number of fused-ring (bicyclic) bond motifs is 1. The number of methoxy groups -OCH3 is 1. The van der Waals surface area contributed by atoms with Crippen molar-refractivity contribution in [1.29, 1.82) is 0 Å². The fourth-order valence-corrected chi connectivity index (χ4v) is 2.21. The van der Waals surface area contributed by atoms with E-state index in [1.807, 2.05) is 44.3 Å². The molecule has 1 heterocycles. The van der Waals surface area contributed by atoms with Crippen LogP contribution in [0.5, 0.6) is 0 Å². The molecule has 0 spiro atoms. The van der Waals surface area contributed by atoms with Crippen LogP contribution < -0.4 is 5.56 Å². The lowest BCUT2D eigenvalue weighted by Gasteiger charge is -2.23. The van der Waals surface area contributed by atoms with Gasteiger partial charge in [0, 0.05) is 23.2 Å². The van der Waals surface area contributed by atoms with E-state index in [2.05, 4.69) is 15.9 Å². The first kappa shape index (κ1) is 13.3. The molecule has 18 heavy (non-hydrogen) atoms. The number of halogens is 1. The molecule has 1 aromatic heterocycles. The largest absolute Gasteiger partial charge is 0.377 e. The lowest BCUT2D eigenvalue weighted by atomic mass is 10.1. The van der Waals surface area contributed by atoms with Crippen molar-refractivity contribution >= 4 is 26.7 Å². The van der Waals surface area contributed by atoms with Crippen molar-refractivity contribution in [2.75, 3.05) is 7.11 Å². The van der Waals surface area contributed by atoms with E-state index in [1.54, 1.807) is 11.7 Å². The summed E-state index contributed by atoms with van der Waals surface area (Å²) >= 11 is 3.39. The molecule has 1 aromatic carbocycles. The van der Waals surface area contributed by atoms with Crippen molar-refractivity contribution in [1.82, 2.24) is 4.57 Å². The molecule has 0 fully saturated rings. The number of pyridine rings is 1. The van der Waals surface area contributed by atoms with E-state index in [-0.39, 0.29) is 11.2 Å². The van der Waals surface area contributed by atoms with Gasteiger partial charge < -0.3 is 9.30 Å². The zero-order valence-corrected chi connectivity index (χ0v) is 12.3. The predicted molar refractivity (Wildman–Crippen MR) is 77.0 cm³/mol. The summed E-state index contributed by atoms with van der Waals surface area (Å²) in [4.78, 5) is 12.4. The third kappa shape index (κ3) is 2.65. The minimum Gasteiger partial charge on any atom is -0.377 e. The smallest absolute Gasteiger partial charge is 0.258 e. The Hall–Kier alpha value is -1.13. The Balaban J connectivity index is 2.54. The van der Waals surface area contributed by atoms with Crippen LogP contribution in [0.2, 0.25) is 0 Å². The Morgan fingerprint density at radius 2 is 2.06 bits per heavy atom. The van der Waals surface area contributed by atoms with Crippen molar-refractivity contribution in [2.24, 2.45) is 0 Å². The first-order chi connectivity index (χ1) is 8.43. The molecule has 2 aromatic rings. The number of ether oxygens (including phenoxy) is 1. The molecule has 4 heteroatoms. The summed E-state index contributed by atoms with van der Waals surface area (Å²) in [6.07, 6.45) is 1.82. The van der Waals surface area contributed by atoms with Gasteiger partial charge >= 0.3 is 0 Å². The SMILES string of the molecule is COC(C)(C)Cn1ccc2ccc(Br)cc2c1=O. The molecule has 0 saturated carbocycles. The Labute approximate surface area is 115 Å². The molecule has 3 nitrogen and oxygen atoms in total. The van der Waals surface area contributed by atoms with Gasteiger partial charge in [-0.25, -0.2) is 0 Å². The summed E-state index contributed by atoms with van der Waals surface area (Å²) in [6.45, 7) is 4.46. The lowest BCUT2D eigenvalue weighted by Crippen LogP contribution is -2.34. The maximum absolute atomic E-state index is 12.4. The van der Waals surface area contributed by atoms with Gasteiger partial charge in [0.05, 0.1) is 12.1 Å². The van der Waals surface area contributed by atoms with Gasteiger partial charge in [0.1, 0.15) is 0 Å². The highest BCUT2D eigenvalue weighted by Gasteiger charge is 2.18. The fraction of sp³-hybridized carbons (Fsp3) is 0.357. The van der Waals surface area contributed by atoms with Crippen LogP contribution in [0.3, 0.4) is 0 Å². The highest BCUT2D eigenvalue weighted by atomic mass is 79.9. The van der Waals surface area contributed by atoms with E-state index < -0.39 is 0 Å². The Morgan fingerprint density at radius 3 is 2.72 bits per heavy atom. The fourth-order valence-electron chi connectivity index (χ4n) is 1.85. The average molecular weight is 310 g/mol. The Bertz CT molecular complexity index is 631. The van der Waals surface area contributed by atoms with Crippen molar-refractivity contribution in [3.05, 3.63) is 45.3 Å². The third-order valence-corrected chi connectivity index (χ3v) is 3.54. The Kier molecular flexibility index (Phi) is 3.59. The highest BCUT2D eigenvalue weighted by Crippen LogP contribution is 2.17. The van der Waals surface area contributed by atoms with Crippen molar-refractivity contribution < 1.29 is 4.74 Å². The molecule has 0 saturated heterocycles. The average Bonchev–Trinajstić information content (AvgIpc) is 2.33. The molecule has 0 unspecified atom stereocenters. The van der Waals surface area contributed by atoms with Crippen molar-refractivity contribution in [2.45, 2.75) is 26.0 Å². The van der Waals surface area contributed by atoms with Crippen LogP contribution in [0.15, 0.2) is 39.7 Å². The molecule has 0 amide bonds. The number of hydrogen-bond acceptors (Lipinski definition) is 2. The Morgan fingerprint density at radius 1 is 1.33 bits per heavy atom. The standard InChI is InChI=1S/C14H16BrNO2/c1-14(2,18-3)9-16-7-6-10-4-5-11(15)8-12(10)13(16)17/h4-8H,9H2,1-3H3. The lowest BCUT2D eigenvalue weighted by molar-refractivity contribution is 0.00750. The van der Waals surface area contributed by atoms with Crippen LogP contribution in [-0.4, -0.2) is 17.3 Å². The second-order valence-corrected chi connectivity index (χ2v) is 5.86. The number of rotatable bonds is 3. The second kappa shape index (κ2) is 4.86. The van der Waals surface area contributed by atoms with Gasteiger partial charge in [0.25, 0.3) is 5.56 Å². The predicted octanol–water partition coefficient (Wildman–Crippen LogP) is 3.19. The number of nitrogens with zero attached hydrogens (tertiary/aromatic N) is 1. The molecule has 0 aliphatic heterocycles. The van der Waals surface area contributed by atoms with Crippen molar-refractivity contribution in [3.63, 3.8) is 0 Å². The van der Waals surface area contributed by atoms with E-state index in [9.17, 15) is 4.79 Å². The minimum atomic E-state index is -0.358. The highest BCUT2D eigenvalue weighted by molar-refractivity contribution is 9.10. The first-order valence-corrected chi connectivity index (χ1v) is 6.56. The van der Waals surface area contributed by atoms with E-state index in [4.69, 9.17) is 4.74 Å². The molecule has 0 aliphatic carbocycles. The summed E-state index contributed by atoms with van der Waals surface area (Å²) in [5.41, 5.74) is -0.345. The van der Waals surface area contributed by atoms with E-state index in [0.717, 1.165) is 15.2 Å². The van der Waals surface area contributed by atoms with Gasteiger partial charge in [-0.2, -0.15) is 0 Å². The van der Waals surface area contributed by atoms with Gasteiger partial charge in [0.15, 0.2) is 0 Å². The molecular weight excluding hydrogens is 294 g/mol. The summed E-state index contributed by atoms with van der Waals surface area (Å²) in [6, 6.07) is 7.68. The number of benzene rings is 1. The molecule has 2 rings (SSSR count). The maximum Gasteiger partial charge on any atom is 0.258 e. The van der Waals surface area contributed by atoms with E-state index in [1.165, 1.54) is 0 Å². The number of hydrogen-bond donors (Lipinski definition) is 0. The summed E-state index contributed by atoms with van der Waals surface area (Å²) in [7, 11) is 1.66. The zero-order chi connectivity index (χ0) is 13.3. The van der Waals surface area contributed by atoms with Gasteiger partial charge in [-0.15, -0.1) is 0 Å². The van der Waals surface area contributed by atoms with Crippen LogP contribution in [-0.2, 0) is 11.3 Å². The van der Waals surface area contributed by atoms with Crippen LogP contribution in [0.1, 0.15) is 13.8 Å². The maximum atomic E-state index is 12.4. The zero-order valence-electron chi connectivity index (χ0n) is 10.7. The number of aromatic nitrogens is 1. The van der Waals surface area contributed by atoms with Crippen LogP contribution in [0, 0.1) is 0 Å². The summed E-state index contributed by atoms with van der Waals surface area (Å²) in [5.74, 6) is 0. The third-order valence-electron chi connectivity index (χ3n) is 3.04. The molecule has 0 aliphatic rings. The topological polar surface area (TPSA) is 31.2 Å². The van der Waals surface area contributed by atoms with Gasteiger partial charge in [-0.05, 0) is 37.4 Å². The van der Waals surface area contributed by atoms with Crippen LogP contribution >= 0.6 is 15.9 Å². The first-order valence-electron chi connectivity index (χ1n) is 5.77. The second-order valence-electron chi connectivity index (χ2n) is 4.94. The summed E-state index contributed by atoms with van der Waals surface area (Å²) < 4.78 is 7.97. The van der Waals surface area contributed by atoms with E-state index >= 15 is 0 Å². The molecule has 96 valence electrons. The van der Waals surface area contributed by atoms with Crippen LogP contribution in [0.4, 0.5) is 0 Å².